The minimum Gasteiger partial charge on any atom is -0.493 e. The first-order chi connectivity index (χ1) is 26.9. The number of hydrogen-bond acceptors (Lipinski definition) is 9. The molecule has 0 aliphatic carbocycles. The fourth-order valence-corrected chi connectivity index (χ4v) is 7.68. The SMILES string of the molecule is C=CCOC(=O)Nc1cc(OCCCCCOc2cc(N)c(C(=O)N3C=C(C)C[C@H]3CC)cc2OC)c(C)cc1C(=O)N1C=C(C)C[C@H]1CO[Si](C)(C)C(C)(C)C. The van der Waals surface area contributed by atoms with Gasteiger partial charge in [-0.25, -0.2) is 4.79 Å². The first kappa shape index (κ1) is 45.0. The van der Waals surface area contributed by atoms with Gasteiger partial charge in [0.1, 0.15) is 12.4 Å². The van der Waals surface area contributed by atoms with Crippen LogP contribution in [-0.4, -0.2) is 81.6 Å². The number of hydrogen-bond donors (Lipinski definition) is 2. The summed E-state index contributed by atoms with van der Waals surface area (Å²) in [5, 5.41) is 2.79. The molecule has 2 aliphatic rings. The fraction of sp³-hybridized carbons (Fsp3) is 0.523. The number of amides is 3. The highest BCUT2D eigenvalue weighted by atomic mass is 28.4. The molecule has 3 amide bonds. The Balaban J connectivity index is 1.37. The Morgan fingerprint density at radius 2 is 1.47 bits per heavy atom. The number of rotatable bonds is 18. The molecular weight excluding hydrogens is 741 g/mol. The van der Waals surface area contributed by atoms with Crippen LogP contribution in [0.15, 0.2) is 60.5 Å². The molecule has 0 fully saturated rings. The molecule has 312 valence electrons. The van der Waals surface area contributed by atoms with Gasteiger partial charge in [-0.2, -0.15) is 0 Å². The van der Waals surface area contributed by atoms with Gasteiger partial charge in [0.05, 0.1) is 49.8 Å². The summed E-state index contributed by atoms with van der Waals surface area (Å²) in [6.45, 7) is 23.9. The summed E-state index contributed by atoms with van der Waals surface area (Å²) < 4.78 is 29.5. The lowest BCUT2D eigenvalue weighted by atomic mass is 10.1. The van der Waals surface area contributed by atoms with Crippen LogP contribution in [0.4, 0.5) is 16.2 Å². The molecule has 0 radical (unpaired) electrons. The van der Waals surface area contributed by atoms with E-state index in [-0.39, 0.29) is 35.5 Å². The number of nitrogen functional groups attached to an aromatic ring is 1. The van der Waals surface area contributed by atoms with Gasteiger partial charge in [-0.05, 0) is 95.1 Å². The van der Waals surface area contributed by atoms with Crippen LogP contribution in [0.3, 0.4) is 0 Å². The molecule has 2 aliphatic heterocycles. The molecule has 4 rings (SSSR count). The van der Waals surface area contributed by atoms with Crippen molar-refractivity contribution in [3.63, 3.8) is 0 Å². The number of carbonyl (C=O) groups is 3. The fourth-order valence-electron chi connectivity index (χ4n) is 6.64. The smallest absolute Gasteiger partial charge is 0.411 e. The predicted octanol–water partition coefficient (Wildman–Crippen LogP) is 9.62. The summed E-state index contributed by atoms with van der Waals surface area (Å²) in [6, 6.07) is 6.71. The van der Waals surface area contributed by atoms with Gasteiger partial charge in [0.2, 0.25) is 0 Å². The second kappa shape index (κ2) is 19.6. The zero-order valence-electron chi connectivity index (χ0n) is 35.7. The minimum absolute atomic E-state index is 0.0237. The maximum absolute atomic E-state index is 14.2. The van der Waals surface area contributed by atoms with Crippen molar-refractivity contribution >= 4 is 37.6 Å². The van der Waals surface area contributed by atoms with Crippen LogP contribution in [0.25, 0.3) is 0 Å². The number of methoxy groups -OCH3 is 1. The molecule has 12 nitrogen and oxygen atoms in total. The second-order valence-corrected chi connectivity index (χ2v) is 21.4. The second-order valence-electron chi connectivity index (χ2n) is 16.6. The first-order valence-electron chi connectivity index (χ1n) is 20.0. The van der Waals surface area contributed by atoms with E-state index in [2.05, 4.69) is 52.7 Å². The normalized spacial score (nSPS) is 16.9. The first-order valence-corrected chi connectivity index (χ1v) is 22.9. The molecule has 2 atom stereocenters. The third-order valence-corrected chi connectivity index (χ3v) is 15.5. The van der Waals surface area contributed by atoms with Crippen molar-refractivity contribution in [2.24, 2.45) is 0 Å². The number of unbranched alkanes of at least 4 members (excludes halogenated alkanes) is 2. The van der Waals surface area contributed by atoms with E-state index in [0.29, 0.717) is 66.0 Å². The van der Waals surface area contributed by atoms with E-state index in [9.17, 15) is 14.4 Å². The maximum Gasteiger partial charge on any atom is 0.411 e. The minimum atomic E-state index is -2.05. The van der Waals surface area contributed by atoms with Crippen molar-refractivity contribution in [1.29, 1.82) is 0 Å². The number of nitrogens with zero attached hydrogens (tertiary/aromatic N) is 2. The molecule has 3 N–H and O–H groups in total. The van der Waals surface area contributed by atoms with Gasteiger partial charge in [-0.1, -0.05) is 51.5 Å². The van der Waals surface area contributed by atoms with Crippen LogP contribution in [-0.2, 0) is 9.16 Å². The zero-order chi connectivity index (χ0) is 42.1. The Hall–Kier alpha value is -4.75. The van der Waals surface area contributed by atoms with Crippen molar-refractivity contribution < 1.29 is 37.8 Å². The average molecular weight is 805 g/mol. The standard InChI is InChI=1S/C44H64N4O8Si/c1-12-17-55-43(51)46-37-25-38(31(5)22-35(37)42(50)48-27-30(4)21-33(48)28-56-57(10,11)44(6,7)8)53-18-15-14-16-19-54-40-24-36(45)34(23-39(40)52-9)41(49)47-26-29(3)20-32(47)13-2/h12,22-27,32-33H,1,13-21,28,45H2,2-11H3,(H,46,51)/t32-,33+/m1/s1. The van der Waals surface area contributed by atoms with Crippen LogP contribution in [0.1, 0.15) is 106 Å². The molecule has 0 saturated heterocycles. The zero-order valence-corrected chi connectivity index (χ0v) is 36.7. The van der Waals surface area contributed by atoms with Crippen LogP contribution < -0.4 is 25.3 Å². The molecule has 0 spiro atoms. The lowest BCUT2D eigenvalue weighted by Gasteiger charge is -2.38. The summed E-state index contributed by atoms with van der Waals surface area (Å²) in [5.74, 6) is 1.09. The average Bonchev–Trinajstić information content (AvgIpc) is 3.73. The Kier molecular flexibility index (Phi) is 15.5. The van der Waals surface area contributed by atoms with Crippen LogP contribution in [0.2, 0.25) is 18.1 Å². The van der Waals surface area contributed by atoms with Crippen molar-refractivity contribution in [1.82, 2.24) is 9.80 Å². The number of carbonyl (C=O) groups excluding carboxylic acids is 3. The molecule has 0 aromatic heterocycles. The highest BCUT2D eigenvalue weighted by molar-refractivity contribution is 6.74. The van der Waals surface area contributed by atoms with Crippen LogP contribution in [0, 0.1) is 6.92 Å². The van der Waals surface area contributed by atoms with Gasteiger partial charge in [0.25, 0.3) is 11.8 Å². The molecule has 13 heteroatoms. The highest BCUT2D eigenvalue weighted by Crippen LogP contribution is 2.38. The third kappa shape index (κ3) is 11.4. The molecule has 57 heavy (non-hydrogen) atoms. The van der Waals surface area contributed by atoms with Gasteiger partial charge in [0, 0.05) is 36.3 Å². The third-order valence-electron chi connectivity index (χ3n) is 11.0. The summed E-state index contributed by atoms with van der Waals surface area (Å²) >= 11 is 0. The van der Waals surface area contributed by atoms with Crippen molar-refractivity contribution in [2.45, 2.75) is 117 Å². The summed E-state index contributed by atoms with van der Waals surface area (Å²) in [7, 11) is -0.506. The summed E-state index contributed by atoms with van der Waals surface area (Å²) in [5.41, 5.74) is 10.7. The number of benzene rings is 2. The Bertz CT molecular complexity index is 1850. The van der Waals surface area contributed by atoms with Gasteiger partial charge in [-0.15, -0.1) is 0 Å². The van der Waals surface area contributed by atoms with E-state index < -0.39 is 14.4 Å². The predicted molar refractivity (Wildman–Crippen MR) is 229 cm³/mol. The summed E-state index contributed by atoms with van der Waals surface area (Å²) in [6.07, 6.45) is 9.25. The molecule has 0 bridgehead atoms. The number of aryl methyl sites for hydroxylation is 1. The van der Waals surface area contributed by atoms with E-state index in [1.165, 1.54) is 6.08 Å². The largest absolute Gasteiger partial charge is 0.493 e. The van der Waals surface area contributed by atoms with E-state index in [0.717, 1.165) is 48.8 Å². The topological polar surface area (TPSA) is 142 Å². The number of ether oxygens (including phenoxy) is 4. The van der Waals surface area contributed by atoms with Gasteiger partial charge < -0.3 is 38.9 Å². The number of anilines is 2. The molecule has 2 aromatic carbocycles. The molecule has 2 aromatic rings. The Morgan fingerprint density at radius 1 is 0.877 bits per heavy atom. The van der Waals surface area contributed by atoms with Crippen molar-refractivity contribution in [3.05, 3.63) is 77.2 Å². The van der Waals surface area contributed by atoms with E-state index in [1.54, 1.807) is 41.2 Å². The van der Waals surface area contributed by atoms with Crippen molar-refractivity contribution in [3.8, 4) is 17.2 Å². The number of nitrogens with one attached hydrogen (secondary N) is 1. The van der Waals surface area contributed by atoms with E-state index in [4.69, 9.17) is 29.1 Å². The molecule has 0 saturated carbocycles. The lowest BCUT2D eigenvalue weighted by molar-refractivity contribution is 0.0737. The van der Waals surface area contributed by atoms with Gasteiger partial charge in [0.15, 0.2) is 19.8 Å². The monoisotopic (exact) mass is 804 g/mol. The van der Waals surface area contributed by atoms with Crippen LogP contribution in [0.5, 0.6) is 17.2 Å². The quantitative estimate of drug-likeness (QED) is 0.0652. The molecular formula is C44H64N4O8Si. The summed E-state index contributed by atoms with van der Waals surface area (Å²) in [4.78, 5) is 43.8. The van der Waals surface area contributed by atoms with Gasteiger partial charge >= 0.3 is 6.09 Å². The maximum atomic E-state index is 14.2. The lowest BCUT2D eigenvalue weighted by Crippen LogP contribution is -2.45. The van der Waals surface area contributed by atoms with Crippen molar-refractivity contribution in [2.75, 3.05) is 44.6 Å². The van der Waals surface area contributed by atoms with Crippen LogP contribution >= 0.6 is 0 Å². The highest BCUT2D eigenvalue weighted by Gasteiger charge is 2.39. The van der Waals surface area contributed by atoms with E-state index in [1.807, 2.05) is 33.2 Å². The Labute approximate surface area is 340 Å². The molecule has 0 unspecified atom stereocenters. The molecule has 2 heterocycles. The number of nitrogens with two attached hydrogens (primary N) is 1. The Morgan fingerprint density at radius 3 is 2.07 bits per heavy atom. The van der Waals surface area contributed by atoms with Gasteiger partial charge in [-0.3, -0.25) is 14.9 Å². The van der Waals surface area contributed by atoms with E-state index >= 15 is 0 Å².